The van der Waals surface area contributed by atoms with Crippen molar-refractivity contribution in [3.8, 4) is 0 Å². The van der Waals surface area contributed by atoms with Gasteiger partial charge in [-0.2, -0.15) is 0 Å². The van der Waals surface area contributed by atoms with E-state index in [-0.39, 0.29) is 12.7 Å². The van der Waals surface area contributed by atoms with E-state index >= 15 is 0 Å². The summed E-state index contributed by atoms with van der Waals surface area (Å²) in [7, 11) is 0. The normalized spacial score (nSPS) is 39.2. The van der Waals surface area contributed by atoms with Crippen molar-refractivity contribution in [1.29, 1.82) is 0 Å². The molecule has 2 nitrogen and oxygen atoms in total. The fourth-order valence-electron chi connectivity index (χ4n) is 0.669. The van der Waals surface area contributed by atoms with Crippen LogP contribution in [0.25, 0.3) is 0 Å². The fraction of sp³-hybridized carbons (Fsp3) is 0.800. The summed E-state index contributed by atoms with van der Waals surface area (Å²) < 4.78 is 29.1. The molecule has 0 aliphatic carbocycles. The topological polar surface area (TPSA) is 37.3 Å². The Labute approximate surface area is 54.6 Å². The molecular formula is C5H9BO2. The maximum atomic E-state index is 10.5. The predicted octanol–water partition coefficient (Wildman–Crippen LogP) is 1.53. The van der Waals surface area contributed by atoms with Crippen LogP contribution in [0, 0.1) is 0 Å². The van der Waals surface area contributed by atoms with Gasteiger partial charge >= 0.3 is 0 Å². The van der Waals surface area contributed by atoms with Crippen molar-refractivity contribution in [1.82, 2.24) is 0 Å². The van der Waals surface area contributed by atoms with Gasteiger partial charge in [0, 0.05) is 5.48 Å². The molecule has 1 aliphatic rings. The van der Waals surface area contributed by atoms with Gasteiger partial charge in [-0.05, 0) is 0 Å². The molecule has 44 valence electrons. The van der Waals surface area contributed by atoms with Crippen LogP contribution < -0.4 is 0 Å². The molecule has 0 spiro atoms. The first-order valence-electron chi connectivity index (χ1n) is 4.52. The Kier molecular flexibility index (Phi) is 0.666. The van der Waals surface area contributed by atoms with E-state index in [1.165, 1.54) is 0 Å². The molecule has 0 aromatic heterocycles. The van der Waals surface area contributed by atoms with Gasteiger partial charge in [-0.3, -0.25) is 4.79 Å². The minimum absolute atomic E-state index is 0.0169. The van der Waals surface area contributed by atoms with Gasteiger partial charge in [-0.15, -0.1) is 0 Å². The third-order valence-corrected chi connectivity index (χ3v) is 1.13. The summed E-state index contributed by atoms with van der Waals surface area (Å²) in [5.41, 5.74) is 0. The van der Waals surface area contributed by atoms with Gasteiger partial charge < -0.3 is 5.11 Å². The first-order chi connectivity index (χ1) is 5.29. The van der Waals surface area contributed by atoms with Crippen LogP contribution in [0.1, 0.15) is 18.3 Å². The Bertz CT molecular complexity index is 217. The van der Waals surface area contributed by atoms with E-state index in [1.54, 1.807) is 0 Å². The monoisotopic (exact) mass is 116 g/mol. The van der Waals surface area contributed by atoms with Crippen molar-refractivity contribution in [3.05, 3.63) is 0 Å². The molecule has 1 fully saturated rings. The summed E-state index contributed by atoms with van der Waals surface area (Å²) >= 11 is 0. The molecule has 1 heterocycles. The van der Waals surface area contributed by atoms with Gasteiger partial charge in [0.1, 0.15) is 0 Å². The lowest BCUT2D eigenvalue weighted by molar-refractivity contribution is 0.219. The van der Waals surface area contributed by atoms with Gasteiger partial charge in [-0.25, -0.2) is 0 Å². The number of carboxylic acid groups (broad SMARTS) is 1. The second-order valence-electron chi connectivity index (χ2n) is 1.75. The van der Waals surface area contributed by atoms with Crippen LogP contribution >= 0.6 is 0 Å². The molecule has 1 rings (SSSR count). The Morgan fingerprint density at radius 1 is 1.88 bits per heavy atom. The largest absolute Gasteiger partial charge is 0.489 e. The van der Waals surface area contributed by atoms with Crippen LogP contribution in [0.15, 0.2) is 0 Å². The first kappa shape index (κ1) is 2.42. The quantitative estimate of drug-likeness (QED) is 0.527. The van der Waals surface area contributed by atoms with Crippen LogP contribution in [0.3, 0.4) is 0 Å². The van der Waals surface area contributed by atoms with Crippen LogP contribution in [0.5, 0.6) is 0 Å². The highest BCUT2D eigenvalue weighted by molar-refractivity contribution is 6.88. The Balaban J connectivity index is 2.93. The summed E-state index contributed by atoms with van der Waals surface area (Å²) in [6.45, 7) is -1.20. The molecular weight excluding hydrogens is 103 g/mol. The molecule has 0 unspecified atom stereocenters. The lowest BCUT2D eigenvalue weighted by atomic mass is 9.49. The SMILES string of the molecule is [2H]C1([2H])CCB(C(=O)O)C1([2H])[2H]. The van der Waals surface area contributed by atoms with Crippen LogP contribution in [-0.4, -0.2) is 17.7 Å². The predicted molar refractivity (Wildman–Crippen MR) is 32.6 cm³/mol. The highest BCUT2D eigenvalue weighted by Gasteiger charge is 2.26. The fourth-order valence-corrected chi connectivity index (χ4v) is 0.669. The molecule has 0 radical (unpaired) electrons. The van der Waals surface area contributed by atoms with Crippen molar-refractivity contribution < 1.29 is 15.4 Å². The zero-order valence-corrected chi connectivity index (χ0v) is 4.35. The molecule has 0 amide bonds. The van der Waals surface area contributed by atoms with Gasteiger partial charge in [0.25, 0.3) is 6.71 Å². The van der Waals surface area contributed by atoms with Gasteiger partial charge in [0.05, 0.1) is 0 Å². The first-order valence-corrected chi connectivity index (χ1v) is 2.52. The zero-order chi connectivity index (χ0) is 9.57. The number of rotatable bonds is 1. The van der Waals surface area contributed by atoms with Crippen LogP contribution in [0.4, 0.5) is 4.79 Å². The van der Waals surface area contributed by atoms with Crippen LogP contribution in [-0.2, 0) is 0 Å². The van der Waals surface area contributed by atoms with Gasteiger partial charge in [0.2, 0.25) is 5.87 Å². The lowest BCUT2D eigenvalue weighted by Gasteiger charge is -1.91. The second-order valence-corrected chi connectivity index (χ2v) is 1.75. The molecule has 1 N–H and O–H groups in total. The summed E-state index contributed by atoms with van der Waals surface area (Å²) in [6.07, 6.45) is -4.18. The van der Waals surface area contributed by atoms with Crippen LogP contribution in [0.2, 0.25) is 12.6 Å². The highest BCUT2D eigenvalue weighted by atomic mass is 16.4. The van der Waals surface area contributed by atoms with Crippen molar-refractivity contribution in [2.75, 3.05) is 0 Å². The average Bonchev–Trinajstić information content (AvgIpc) is 2.03. The van der Waals surface area contributed by atoms with E-state index in [0.717, 1.165) is 0 Å². The Morgan fingerprint density at radius 3 is 2.88 bits per heavy atom. The maximum Gasteiger partial charge on any atom is 0.277 e. The average molecular weight is 116 g/mol. The van der Waals surface area contributed by atoms with Gasteiger partial charge in [-0.1, -0.05) is 25.4 Å². The van der Waals surface area contributed by atoms with Crippen molar-refractivity contribution >= 4 is 12.6 Å². The van der Waals surface area contributed by atoms with Crippen molar-refractivity contribution in [2.45, 2.75) is 25.4 Å². The van der Waals surface area contributed by atoms with E-state index in [4.69, 9.17) is 10.6 Å². The van der Waals surface area contributed by atoms with Crippen molar-refractivity contribution in [3.63, 3.8) is 0 Å². The third kappa shape index (κ3) is 1.03. The standard InChI is InChI=1S/C5H9BO2/c7-5(8)6-3-1-2-4-6/h1-4H2,(H,7,8)/i1D2,3D2. The molecule has 1 aliphatic heterocycles. The number of carbonyl (C=O) groups is 1. The van der Waals surface area contributed by atoms with E-state index in [2.05, 4.69) is 0 Å². The maximum absolute atomic E-state index is 10.5. The van der Waals surface area contributed by atoms with E-state index in [0.29, 0.717) is 0 Å². The summed E-state index contributed by atoms with van der Waals surface area (Å²) in [4.78, 5) is 10.5. The molecule has 3 heteroatoms. The molecule has 0 saturated carbocycles. The molecule has 0 aromatic carbocycles. The highest BCUT2D eigenvalue weighted by Crippen LogP contribution is 2.19. The van der Waals surface area contributed by atoms with E-state index < -0.39 is 25.2 Å². The molecule has 8 heavy (non-hydrogen) atoms. The Hall–Kier alpha value is -0.465. The summed E-state index contributed by atoms with van der Waals surface area (Å²) in [6, 6.07) is 0. The van der Waals surface area contributed by atoms with Gasteiger partial charge in [0.15, 0.2) is 0 Å². The van der Waals surface area contributed by atoms with E-state index in [1.807, 2.05) is 0 Å². The zero-order valence-electron chi connectivity index (χ0n) is 8.35. The second kappa shape index (κ2) is 2.20. The number of hydrogen-bond donors (Lipinski definition) is 1. The minimum atomic E-state index is -2.24. The molecule has 0 bridgehead atoms. The lowest BCUT2D eigenvalue weighted by Crippen LogP contribution is -2.18. The van der Waals surface area contributed by atoms with Crippen molar-refractivity contribution in [2.24, 2.45) is 0 Å². The minimum Gasteiger partial charge on any atom is -0.489 e. The summed E-state index contributed by atoms with van der Waals surface area (Å²) in [5, 5.41) is 8.57. The molecule has 1 saturated heterocycles. The third-order valence-electron chi connectivity index (χ3n) is 1.13. The molecule has 0 atom stereocenters. The summed E-state index contributed by atoms with van der Waals surface area (Å²) in [5.74, 6) is -1.25. The Morgan fingerprint density at radius 2 is 2.62 bits per heavy atom. The smallest absolute Gasteiger partial charge is 0.277 e. The van der Waals surface area contributed by atoms with E-state index in [9.17, 15) is 4.79 Å². The number of hydrogen-bond acceptors (Lipinski definition) is 1. The molecule has 0 aromatic rings.